The van der Waals surface area contributed by atoms with E-state index in [-0.39, 0.29) is 17.8 Å². The summed E-state index contributed by atoms with van der Waals surface area (Å²) in [5.74, 6) is -0.0652. The van der Waals surface area contributed by atoms with Crippen molar-refractivity contribution in [3.8, 4) is 0 Å². The van der Waals surface area contributed by atoms with Crippen molar-refractivity contribution < 1.29 is 4.79 Å². The Labute approximate surface area is 75.7 Å². The molecule has 12 heavy (non-hydrogen) atoms. The van der Waals surface area contributed by atoms with Crippen LogP contribution in [0.25, 0.3) is 0 Å². The van der Waals surface area contributed by atoms with Crippen LogP contribution in [0.2, 0.25) is 0 Å². The Morgan fingerprint density at radius 2 is 2.42 bits per heavy atom. The van der Waals surface area contributed by atoms with E-state index >= 15 is 0 Å². The maximum Gasteiger partial charge on any atom is 0.289 e. The number of hydrogen-bond donors (Lipinski definition) is 2. The minimum absolute atomic E-state index is 0.0857. The molecule has 0 bridgehead atoms. The second-order valence-electron chi connectivity index (χ2n) is 2.60. The lowest BCUT2D eigenvalue weighted by atomic mass is 10.4. The highest BCUT2D eigenvalue weighted by Gasteiger charge is 2.12. The third-order valence-corrected chi connectivity index (χ3v) is 1.45. The third kappa shape index (κ3) is 1.97. The van der Waals surface area contributed by atoms with E-state index < -0.39 is 0 Å². The van der Waals surface area contributed by atoms with E-state index in [1.54, 1.807) is 0 Å². The van der Waals surface area contributed by atoms with E-state index in [0.29, 0.717) is 0 Å². The normalized spacial score (nSPS) is 10.3. The first-order valence-electron chi connectivity index (χ1n) is 3.51. The van der Waals surface area contributed by atoms with E-state index in [1.165, 1.54) is 6.33 Å². The van der Waals surface area contributed by atoms with Crippen LogP contribution < -0.4 is 5.32 Å². The van der Waals surface area contributed by atoms with Gasteiger partial charge >= 0.3 is 0 Å². The summed E-state index contributed by atoms with van der Waals surface area (Å²) < 4.78 is 1.14. The molecule has 1 heterocycles. The monoisotopic (exact) mass is 186 g/mol. The maximum absolute atomic E-state index is 11.3. The van der Waals surface area contributed by atoms with Crippen molar-refractivity contribution in [2.75, 3.05) is 0 Å². The van der Waals surface area contributed by atoms with Crippen LogP contribution in [0, 0.1) is 0 Å². The van der Waals surface area contributed by atoms with Gasteiger partial charge in [0.1, 0.15) is 6.33 Å². The van der Waals surface area contributed by atoms with Gasteiger partial charge in [-0.1, -0.05) is 0 Å². The van der Waals surface area contributed by atoms with Crippen molar-refractivity contribution in [1.82, 2.24) is 19.5 Å². The van der Waals surface area contributed by atoms with Crippen LogP contribution in [0.5, 0.6) is 0 Å². The van der Waals surface area contributed by atoms with E-state index in [0.717, 1.165) is 4.09 Å². The zero-order valence-corrected chi connectivity index (χ0v) is 7.75. The summed E-state index contributed by atoms with van der Waals surface area (Å²) in [7, 11) is 0. The molecule has 0 aliphatic carbocycles. The molecule has 1 N–H and O–H groups in total. The van der Waals surface area contributed by atoms with Crippen molar-refractivity contribution in [3.63, 3.8) is 0 Å². The number of nitrogens with zero attached hydrogens (tertiary/aromatic N) is 3. The fraction of sp³-hybridized carbons (Fsp3) is 0.500. The summed E-state index contributed by atoms with van der Waals surface area (Å²) >= 11 is 3.89. The van der Waals surface area contributed by atoms with Crippen molar-refractivity contribution in [2.45, 2.75) is 19.9 Å². The number of rotatable bonds is 2. The summed E-state index contributed by atoms with van der Waals surface area (Å²) in [5.41, 5.74) is 0. The van der Waals surface area contributed by atoms with Crippen molar-refractivity contribution in [3.05, 3.63) is 12.2 Å². The van der Waals surface area contributed by atoms with Gasteiger partial charge in [0.2, 0.25) is 5.82 Å². The van der Waals surface area contributed by atoms with Gasteiger partial charge in [-0.15, -0.1) is 5.10 Å². The standard InChI is InChI=1S/C6H10N4OS/c1-4(2)9-6(11)5-7-3-8-10(5)12/h3-4,12H,1-2H3,(H,9,11). The molecular formula is C6H10N4OS. The fourth-order valence-corrected chi connectivity index (χ4v) is 0.901. The second kappa shape index (κ2) is 3.57. The second-order valence-corrected chi connectivity index (χ2v) is 2.98. The average Bonchev–Trinajstić information content (AvgIpc) is 2.33. The van der Waals surface area contributed by atoms with Crippen LogP contribution in [0.1, 0.15) is 24.5 Å². The van der Waals surface area contributed by atoms with Gasteiger partial charge < -0.3 is 5.32 Å². The lowest BCUT2D eigenvalue weighted by molar-refractivity contribution is 0.0932. The molecule has 0 atom stereocenters. The number of amides is 1. The van der Waals surface area contributed by atoms with Crippen LogP contribution in [0.3, 0.4) is 0 Å². The quantitative estimate of drug-likeness (QED) is 0.644. The molecule has 0 radical (unpaired) electrons. The highest BCUT2D eigenvalue weighted by Crippen LogP contribution is 1.95. The van der Waals surface area contributed by atoms with Gasteiger partial charge in [0.15, 0.2) is 0 Å². The van der Waals surface area contributed by atoms with Gasteiger partial charge in [-0.25, -0.2) is 4.98 Å². The zero-order valence-electron chi connectivity index (χ0n) is 6.85. The third-order valence-electron chi connectivity index (χ3n) is 1.15. The first-order valence-corrected chi connectivity index (χ1v) is 3.91. The van der Waals surface area contributed by atoms with E-state index in [2.05, 4.69) is 28.2 Å². The Hall–Kier alpha value is -1.04. The van der Waals surface area contributed by atoms with Gasteiger partial charge in [-0.05, 0) is 26.7 Å². The molecule has 0 aromatic carbocycles. The summed E-state index contributed by atoms with van der Waals surface area (Å²) in [4.78, 5) is 15.0. The Balaban J connectivity index is 2.72. The lowest BCUT2D eigenvalue weighted by Crippen LogP contribution is -2.31. The molecule has 0 aliphatic rings. The summed E-state index contributed by atoms with van der Waals surface area (Å²) in [5, 5.41) is 6.33. The summed E-state index contributed by atoms with van der Waals surface area (Å²) in [6.45, 7) is 3.74. The van der Waals surface area contributed by atoms with E-state index in [1.807, 2.05) is 13.8 Å². The average molecular weight is 186 g/mol. The minimum atomic E-state index is -0.266. The van der Waals surface area contributed by atoms with Crippen LogP contribution >= 0.6 is 12.8 Å². The number of thiol groups is 1. The number of hydrogen-bond acceptors (Lipinski definition) is 4. The Kier molecular flexibility index (Phi) is 2.69. The van der Waals surface area contributed by atoms with E-state index in [9.17, 15) is 4.79 Å². The molecule has 1 rings (SSSR count). The first-order chi connectivity index (χ1) is 5.61. The molecule has 1 aromatic heterocycles. The molecule has 0 spiro atoms. The van der Waals surface area contributed by atoms with Crippen LogP contribution in [-0.4, -0.2) is 26.1 Å². The molecule has 5 nitrogen and oxygen atoms in total. The first kappa shape index (κ1) is 9.05. The molecule has 0 saturated heterocycles. The molecule has 6 heteroatoms. The largest absolute Gasteiger partial charge is 0.347 e. The number of carbonyl (C=O) groups excluding carboxylic acids is 1. The molecule has 1 aromatic rings. The highest BCUT2D eigenvalue weighted by molar-refractivity contribution is 7.78. The lowest BCUT2D eigenvalue weighted by Gasteiger charge is -2.05. The van der Waals surface area contributed by atoms with Gasteiger partial charge in [0, 0.05) is 6.04 Å². The smallest absolute Gasteiger partial charge is 0.289 e. The summed E-state index contributed by atoms with van der Waals surface area (Å²) in [6.07, 6.45) is 1.28. The predicted octanol–water partition coefficient (Wildman–Crippen LogP) is 0.109. The topological polar surface area (TPSA) is 59.8 Å². The predicted molar refractivity (Wildman–Crippen MR) is 47.0 cm³/mol. The van der Waals surface area contributed by atoms with Crippen LogP contribution in [0.4, 0.5) is 0 Å². The van der Waals surface area contributed by atoms with E-state index in [4.69, 9.17) is 0 Å². The number of aromatic nitrogens is 3. The molecule has 1 amide bonds. The highest BCUT2D eigenvalue weighted by atomic mass is 32.1. The number of carbonyl (C=O) groups is 1. The minimum Gasteiger partial charge on any atom is -0.347 e. The van der Waals surface area contributed by atoms with Gasteiger partial charge in [-0.2, -0.15) is 4.09 Å². The Bertz CT molecular complexity index is 283. The SMILES string of the molecule is CC(C)NC(=O)c1ncnn1S. The molecule has 0 fully saturated rings. The van der Waals surface area contributed by atoms with Gasteiger partial charge in [0.25, 0.3) is 5.91 Å². The van der Waals surface area contributed by atoms with Crippen molar-refractivity contribution in [2.24, 2.45) is 0 Å². The Morgan fingerprint density at radius 1 is 1.75 bits per heavy atom. The Morgan fingerprint density at radius 3 is 2.83 bits per heavy atom. The molecule has 0 saturated carbocycles. The molecule has 66 valence electrons. The van der Waals surface area contributed by atoms with Crippen LogP contribution in [0.15, 0.2) is 6.33 Å². The summed E-state index contributed by atoms with van der Waals surface area (Å²) in [6, 6.07) is 0.0857. The zero-order chi connectivity index (χ0) is 9.14. The van der Waals surface area contributed by atoms with Gasteiger partial charge in [0.05, 0.1) is 0 Å². The van der Waals surface area contributed by atoms with Crippen molar-refractivity contribution in [1.29, 1.82) is 0 Å². The fourth-order valence-electron chi connectivity index (χ4n) is 0.712. The molecule has 0 aliphatic heterocycles. The maximum atomic E-state index is 11.3. The van der Waals surface area contributed by atoms with Crippen LogP contribution in [-0.2, 0) is 0 Å². The molecule has 0 unspecified atom stereocenters. The number of nitrogens with one attached hydrogen (secondary N) is 1. The van der Waals surface area contributed by atoms with Gasteiger partial charge in [-0.3, -0.25) is 4.79 Å². The molecular weight excluding hydrogens is 176 g/mol. The van der Waals surface area contributed by atoms with Crippen molar-refractivity contribution >= 4 is 18.7 Å².